The van der Waals surface area contributed by atoms with Crippen molar-refractivity contribution >= 4 is 5.78 Å². The lowest BCUT2D eigenvalue weighted by Crippen LogP contribution is -2.50. The molecule has 2 bridgehead atoms. The van der Waals surface area contributed by atoms with Crippen molar-refractivity contribution in [1.29, 1.82) is 0 Å². The Balaban J connectivity index is 1.83. The number of hydrogen-bond acceptors (Lipinski definition) is 3. The number of ether oxygens (including phenoxy) is 1. The normalized spacial score (nSPS) is 28.2. The minimum atomic E-state index is -1.05. The quantitative estimate of drug-likeness (QED) is 0.871. The van der Waals surface area contributed by atoms with E-state index in [-0.39, 0.29) is 23.0 Å². The molecule has 1 aromatic rings. The van der Waals surface area contributed by atoms with E-state index < -0.39 is 11.6 Å². The van der Waals surface area contributed by atoms with Gasteiger partial charge in [0.2, 0.25) is 5.82 Å². The van der Waals surface area contributed by atoms with Crippen LogP contribution in [0.15, 0.2) is 12.1 Å². The van der Waals surface area contributed by atoms with Gasteiger partial charge in [-0.1, -0.05) is 6.42 Å². The number of hydrogen-bond donors (Lipinski definition) is 1. The Morgan fingerprint density at radius 2 is 1.90 bits per heavy atom. The smallest absolute Gasteiger partial charge is 0.200 e. The van der Waals surface area contributed by atoms with Gasteiger partial charge in [-0.3, -0.25) is 4.79 Å². The summed E-state index contributed by atoms with van der Waals surface area (Å²) in [7, 11) is 1.26. The molecule has 0 aromatic heterocycles. The third-order valence-corrected chi connectivity index (χ3v) is 4.58. The first kappa shape index (κ1) is 14.4. The number of nitrogens with one attached hydrogen (secondary N) is 1. The number of carbonyl (C=O) groups is 1. The van der Waals surface area contributed by atoms with Crippen molar-refractivity contribution in [2.45, 2.75) is 44.2 Å². The Kier molecular flexibility index (Phi) is 3.93. The van der Waals surface area contributed by atoms with Crippen molar-refractivity contribution < 1.29 is 18.3 Å². The highest BCUT2D eigenvalue weighted by atomic mass is 19.2. The monoisotopic (exact) mass is 295 g/mol. The predicted molar refractivity (Wildman–Crippen MR) is 74.5 cm³/mol. The van der Waals surface area contributed by atoms with Crippen molar-refractivity contribution in [2.75, 3.05) is 7.11 Å². The van der Waals surface area contributed by atoms with Gasteiger partial charge in [0, 0.05) is 23.6 Å². The van der Waals surface area contributed by atoms with Gasteiger partial charge in [0.15, 0.2) is 17.3 Å². The van der Waals surface area contributed by atoms with Crippen molar-refractivity contribution in [3.8, 4) is 5.75 Å². The van der Waals surface area contributed by atoms with E-state index in [4.69, 9.17) is 4.74 Å². The van der Waals surface area contributed by atoms with Crippen LogP contribution in [0, 0.1) is 17.6 Å². The standard InChI is InChI=1S/C16H19F2NO2/c1-21-14-8-10(7-13(17)15(14)18)16(20)9-5-11-3-2-4-12(6-9)19-11/h7-9,11-12,19H,2-6H2,1H3. The molecule has 0 saturated carbocycles. The van der Waals surface area contributed by atoms with E-state index in [1.165, 1.54) is 19.6 Å². The van der Waals surface area contributed by atoms with Gasteiger partial charge in [0.05, 0.1) is 7.11 Å². The van der Waals surface area contributed by atoms with E-state index in [0.717, 1.165) is 31.7 Å². The number of Topliss-reactive ketones (excluding diaryl/α,β-unsaturated/α-hetero) is 1. The van der Waals surface area contributed by atoms with Crippen LogP contribution < -0.4 is 10.1 Å². The van der Waals surface area contributed by atoms with Gasteiger partial charge >= 0.3 is 0 Å². The zero-order chi connectivity index (χ0) is 15.0. The molecule has 2 atom stereocenters. The Morgan fingerprint density at radius 3 is 2.52 bits per heavy atom. The fourth-order valence-corrected chi connectivity index (χ4v) is 3.57. The Hall–Kier alpha value is -1.49. The number of methoxy groups -OCH3 is 1. The SMILES string of the molecule is COc1cc(C(=O)C2CC3CCCC(C2)N3)cc(F)c1F. The lowest BCUT2D eigenvalue weighted by Gasteiger charge is -2.39. The largest absolute Gasteiger partial charge is 0.494 e. The van der Waals surface area contributed by atoms with Gasteiger partial charge in [-0.15, -0.1) is 0 Å². The zero-order valence-electron chi connectivity index (χ0n) is 12.0. The maximum atomic E-state index is 13.6. The molecule has 3 nitrogen and oxygen atoms in total. The molecule has 114 valence electrons. The van der Waals surface area contributed by atoms with Crippen molar-refractivity contribution in [2.24, 2.45) is 5.92 Å². The summed E-state index contributed by atoms with van der Waals surface area (Å²) in [6.45, 7) is 0. The summed E-state index contributed by atoms with van der Waals surface area (Å²) in [5, 5.41) is 3.52. The number of rotatable bonds is 3. The van der Waals surface area contributed by atoms with E-state index in [9.17, 15) is 13.6 Å². The average Bonchev–Trinajstić information content (AvgIpc) is 2.48. The summed E-state index contributed by atoms with van der Waals surface area (Å²) in [6.07, 6.45) is 4.91. The van der Waals surface area contributed by atoms with E-state index in [1.807, 2.05) is 0 Å². The summed E-state index contributed by atoms with van der Waals surface area (Å²) in [5.41, 5.74) is 0.204. The number of fused-ring (bicyclic) bond motifs is 2. The average molecular weight is 295 g/mol. The molecule has 2 heterocycles. The molecule has 2 saturated heterocycles. The molecule has 1 N–H and O–H groups in total. The summed E-state index contributed by atoms with van der Waals surface area (Å²) >= 11 is 0. The Bertz CT molecular complexity index is 549. The van der Waals surface area contributed by atoms with Gasteiger partial charge in [-0.25, -0.2) is 4.39 Å². The third-order valence-electron chi connectivity index (χ3n) is 4.58. The van der Waals surface area contributed by atoms with Gasteiger partial charge < -0.3 is 10.1 Å². The number of ketones is 1. The summed E-state index contributed by atoms with van der Waals surface area (Å²) < 4.78 is 31.8. The predicted octanol–water partition coefficient (Wildman–Crippen LogP) is 3.08. The molecule has 3 rings (SSSR count). The highest BCUT2D eigenvalue weighted by Crippen LogP contribution is 2.33. The van der Waals surface area contributed by atoms with Crippen LogP contribution in [0.2, 0.25) is 0 Å². The van der Waals surface area contributed by atoms with Crippen LogP contribution in [0.4, 0.5) is 8.78 Å². The van der Waals surface area contributed by atoms with Crippen molar-refractivity contribution in [3.63, 3.8) is 0 Å². The number of piperidine rings is 2. The topological polar surface area (TPSA) is 38.3 Å². The molecule has 0 aliphatic carbocycles. The van der Waals surface area contributed by atoms with Crippen LogP contribution in [-0.4, -0.2) is 25.0 Å². The van der Waals surface area contributed by atoms with Crippen molar-refractivity contribution in [3.05, 3.63) is 29.3 Å². The number of benzene rings is 1. The maximum absolute atomic E-state index is 13.6. The molecule has 2 fully saturated rings. The first-order valence-electron chi connectivity index (χ1n) is 7.41. The number of carbonyl (C=O) groups excluding carboxylic acids is 1. The molecule has 2 aliphatic rings. The first-order chi connectivity index (χ1) is 10.1. The van der Waals surface area contributed by atoms with Crippen molar-refractivity contribution in [1.82, 2.24) is 5.32 Å². The minimum Gasteiger partial charge on any atom is -0.494 e. The zero-order valence-corrected chi connectivity index (χ0v) is 12.0. The number of halogens is 2. The Labute approximate surface area is 122 Å². The second kappa shape index (κ2) is 5.72. The van der Waals surface area contributed by atoms with Crippen LogP contribution in [0.5, 0.6) is 5.75 Å². The first-order valence-corrected chi connectivity index (χ1v) is 7.41. The molecule has 2 aliphatic heterocycles. The lowest BCUT2D eigenvalue weighted by atomic mass is 9.77. The molecule has 0 spiro atoms. The lowest BCUT2D eigenvalue weighted by molar-refractivity contribution is 0.0824. The molecule has 21 heavy (non-hydrogen) atoms. The second-order valence-corrected chi connectivity index (χ2v) is 6.00. The van der Waals surface area contributed by atoms with Gasteiger partial charge in [-0.2, -0.15) is 4.39 Å². The highest BCUT2D eigenvalue weighted by molar-refractivity contribution is 5.98. The van der Waals surface area contributed by atoms with E-state index in [1.54, 1.807) is 0 Å². The fourth-order valence-electron chi connectivity index (χ4n) is 3.57. The van der Waals surface area contributed by atoms with E-state index >= 15 is 0 Å². The van der Waals surface area contributed by atoms with Gasteiger partial charge in [-0.05, 0) is 37.8 Å². The molecular weight excluding hydrogens is 276 g/mol. The molecule has 5 heteroatoms. The molecule has 1 aromatic carbocycles. The maximum Gasteiger partial charge on any atom is 0.200 e. The molecule has 0 radical (unpaired) electrons. The van der Waals surface area contributed by atoms with Crippen LogP contribution in [0.3, 0.4) is 0 Å². The summed E-state index contributed by atoms with van der Waals surface area (Å²) in [5.74, 6) is -2.52. The highest BCUT2D eigenvalue weighted by Gasteiger charge is 2.35. The molecule has 2 unspecified atom stereocenters. The molecular formula is C16H19F2NO2. The minimum absolute atomic E-state index is 0.106. The third kappa shape index (κ3) is 2.79. The van der Waals surface area contributed by atoms with Crippen LogP contribution in [0.1, 0.15) is 42.5 Å². The molecule has 0 amide bonds. The van der Waals surface area contributed by atoms with Crippen LogP contribution >= 0.6 is 0 Å². The van der Waals surface area contributed by atoms with E-state index in [2.05, 4.69) is 5.32 Å². The second-order valence-electron chi connectivity index (χ2n) is 6.00. The Morgan fingerprint density at radius 1 is 1.24 bits per heavy atom. The van der Waals surface area contributed by atoms with Gasteiger partial charge in [0.25, 0.3) is 0 Å². The summed E-state index contributed by atoms with van der Waals surface area (Å²) in [4.78, 5) is 12.6. The van der Waals surface area contributed by atoms with Crippen LogP contribution in [0.25, 0.3) is 0 Å². The van der Waals surface area contributed by atoms with Gasteiger partial charge in [0.1, 0.15) is 0 Å². The van der Waals surface area contributed by atoms with Crippen LogP contribution in [-0.2, 0) is 0 Å². The fraction of sp³-hybridized carbons (Fsp3) is 0.562. The van der Waals surface area contributed by atoms with E-state index in [0.29, 0.717) is 12.1 Å². The summed E-state index contributed by atoms with van der Waals surface area (Å²) in [6, 6.07) is 3.04.